The average Bonchev–Trinajstić information content (AvgIpc) is 2.69. The van der Waals surface area contributed by atoms with Crippen molar-refractivity contribution >= 4 is 23.3 Å². The zero-order chi connectivity index (χ0) is 22.7. The molecule has 0 aliphatic heterocycles. The van der Waals surface area contributed by atoms with Crippen LogP contribution in [0.2, 0.25) is 0 Å². The minimum Gasteiger partial charge on any atom is -0.507 e. The quantitative estimate of drug-likeness (QED) is 0.524. The summed E-state index contributed by atoms with van der Waals surface area (Å²) in [5.74, 6) is -2.19. The number of carboxylic acid groups (broad SMARTS) is 1. The first-order chi connectivity index (χ1) is 14.5. The van der Waals surface area contributed by atoms with E-state index in [1.165, 1.54) is 0 Å². The third-order valence-electron chi connectivity index (χ3n) is 8.46. The maximum atomic E-state index is 12.8. The molecule has 0 amide bonds. The Labute approximate surface area is 182 Å². The molecule has 0 heterocycles. The lowest BCUT2D eigenvalue weighted by Crippen LogP contribution is -2.53. The van der Waals surface area contributed by atoms with Crippen molar-refractivity contribution < 1.29 is 24.6 Å². The lowest BCUT2D eigenvalue weighted by molar-refractivity contribution is -0.164. The number of carbonyl (C=O) groups is 3. The van der Waals surface area contributed by atoms with Crippen LogP contribution in [0.3, 0.4) is 0 Å². The summed E-state index contributed by atoms with van der Waals surface area (Å²) in [6.07, 6.45) is 5.50. The highest BCUT2D eigenvalue weighted by atomic mass is 16.4. The summed E-state index contributed by atoms with van der Waals surface area (Å²) in [6.45, 7) is 10.3. The first-order valence-corrected chi connectivity index (χ1v) is 11.0. The fraction of sp³-hybridized carbons (Fsp3) is 0.500. The molecule has 2 fully saturated rings. The third-order valence-corrected chi connectivity index (χ3v) is 8.46. The van der Waals surface area contributed by atoms with Crippen molar-refractivity contribution in [2.45, 2.75) is 59.3 Å². The maximum Gasteiger partial charge on any atom is 0.309 e. The molecular weight excluding hydrogens is 392 g/mol. The molecule has 1 aromatic carbocycles. The van der Waals surface area contributed by atoms with E-state index in [9.17, 15) is 24.6 Å². The van der Waals surface area contributed by atoms with Gasteiger partial charge in [-0.05, 0) is 74.3 Å². The molecule has 1 aromatic rings. The minimum atomic E-state index is -0.774. The van der Waals surface area contributed by atoms with Gasteiger partial charge >= 0.3 is 5.97 Å². The van der Waals surface area contributed by atoms with Gasteiger partial charge in [0.1, 0.15) is 5.76 Å². The van der Waals surface area contributed by atoms with Gasteiger partial charge in [-0.1, -0.05) is 37.6 Å². The number of allylic oxidation sites excluding steroid dienone is 2. The molecule has 4 atom stereocenters. The number of aliphatic hydroxyl groups excluding tert-OH is 1. The second-order valence-corrected chi connectivity index (χ2v) is 10.1. The molecule has 0 saturated heterocycles. The molecule has 2 N–H and O–H groups in total. The number of aliphatic carboxylic acids is 1. The second kappa shape index (κ2) is 7.18. The number of carbonyl (C=O) groups excluding carboxylic acids is 2. The van der Waals surface area contributed by atoms with E-state index in [0.717, 1.165) is 48.5 Å². The van der Waals surface area contributed by atoms with Gasteiger partial charge in [0.25, 0.3) is 0 Å². The molecule has 5 heteroatoms. The van der Waals surface area contributed by atoms with Crippen LogP contribution in [-0.2, 0) is 16.0 Å². The number of hydrogen-bond donors (Lipinski definition) is 2. The highest BCUT2D eigenvalue weighted by Crippen LogP contribution is 2.61. The van der Waals surface area contributed by atoms with Gasteiger partial charge in [-0.15, -0.1) is 0 Å². The van der Waals surface area contributed by atoms with Gasteiger partial charge in [0.15, 0.2) is 0 Å². The van der Waals surface area contributed by atoms with E-state index in [4.69, 9.17) is 0 Å². The summed E-state index contributed by atoms with van der Waals surface area (Å²) in [5, 5.41) is 20.3. The number of hydrogen-bond acceptors (Lipinski definition) is 4. The number of Topliss-reactive ketones (excluding diaryl/α,β-unsaturated/α-hetero) is 1. The highest BCUT2D eigenvalue weighted by molar-refractivity contribution is 6.50. The van der Waals surface area contributed by atoms with E-state index >= 15 is 0 Å². The molecule has 164 valence electrons. The smallest absolute Gasteiger partial charge is 0.309 e. The van der Waals surface area contributed by atoms with Crippen LogP contribution >= 0.6 is 0 Å². The predicted octanol–water partition coefficient (Wildman–Crippen LogP) is 5.07. The summed E-state index contributed by atoms with van der Waals surface area (Å²) in [4.78, 5) is 37.2. The Morgan fingerprint density at radius 1 is 1.23 bits per heavy atom. The van der Waals surface area contributed by atoms with Crippen molar-refractivity contribution in [2.75, 3.05) is 0 Å². The van der Waals surface area contributed by atoms with E-state index in [2.05, 4.69) is 13.5 Å². The van der Waals surface area contributed by atoms with Crippen molar-refractivity contribution in [3.8, 4) is 0 Å². The predicted molar refractivity (Wildman–Crippen MR) is 118 cm³/mol. The van der Waals surface area contributed by atoms with E-state index < -0.39 is 23.0 Å². The summed E-state index contributed by atoms with van der Waals surface area (Å²) < 4.78 is 0. The van der Waals surface area contributed by atoms with Crippen LogP contribution in [0.25, 0.3) is 5.76 Å². The fourth-order valence-electron chi connectivity index (χ4n) is 6.66. The highest BCUT2D eigenvalue weighted by Gasteiger charge is 2.57. The maximum absolute atomic E-state index is 12.8. The fourth-order valence-corrected chi connectivity index (χ4v) is 6.66. The molecule has 3 aliphatic rings. The normalized spacial score (nSPS) is 32.9. The van der Waals surface area contributed by atoms with Gasteiger partial charge in [0.05, 0.1) is 5.41 Å². The van der Waals surface area contributed by atoms with Crippen LogP contribution < -0.4 is 0 Å². The lowest BCUT2D eigenvalue weighted by atomic mass is 9.46. The Balaban J connectivity index is 1.81. The molecule has 0 radical (unpaired) electrons. The van der Waals surface area contributed by atoms with E-state index in [1.54, 1.807) is 6.07 Å². The first kappa shape index (κ1) is 21.5. The Kier molecular flexibility index (Phi) is 4.99. The van der Waals surface area contributed by atoms with E-state index in [1.807, 2.05) is 19.9 Å². The first-order valence-electron chi connectivity index (χ1n) is 11.0. The van der Waals surface area contributed by atoms with Gasteiger partial charge in [0.2, 0.25) is 11.6 Å². The van der Waals surface area contributed by atoms with Gasteiger partial charge in [0, 0.05) is 17.2 Å². The molecule has 31 heavy (non-hydrogen) atoms. The number of ketones is 2. The molecule has 3 aliphatic carbocycles. The summed E-state index contributed by atoms with van der Waals surface area (Å²) in [6, 6.07) is 3.56. The van der Waals surface area contributed by atoms with Crippen LogP contribution in [0.4, 0.5) is 0 Å². The number of benzene rings is 1. The van der Waals surface area contributed by atoms with Gasteiger partial charge < -0.3 is 10.2 Å². The number of rotatable bonds is 3. The molecule has 5 nitrogen and oxygen atoms in total. The van der Waals surface area contributed by atoms with Crippen molar-refractivity contribution in [1.29, 1.82) is 0 Å². The van der Waals surface area contributed by atoms with E-state index in [0.29, 0.717) is 24.0 Å². The van der Waals surface area contributed by atoms with Gasteiger partial charge in [-0.2, -0.15) is 0 Å². The molecule has 0 unspecified atom stereocenters. The van der Waals surface area contributed by atoms with Crippen LogP contribution in [0.1, 0.15) is 73.0 Å². The van der Waals surface area contributed by atoms with Crippen molar-refractivity contribution in [3.63, 3.8) is 0 Å². The van der Waals surface area contributed by atoms with Gasteiger partial charge in [-0.25, -0.2) is 0 Å². The zero-order valence-electron chi connectivity index (χ0n) is 18.5. The summed E-state index contributed by atoms with van der Waals surface area (Å²) in [5.41, 5.74) is 2.41. The van der Waals surface area contributed by atoms with Crippen LogP contribution in [0.15, 0.2) is 30.4 Å². The molecule has 0 aromatic heterocycles. The van der Waals surface area contributed by atoms with Crippen LogP contribution in [-0.4, -0.2) is 27.7 Å². The monoisotopic (exact) mass is 422 g/mol. The Morgan fingerprint density at radius 3 is 2.61 bits per heavy atom. The van der Waals surface area contributed by atoms with Crippen molar-refractivity contribution in [1.82, 2.24) is 0 Å². The molecule has 0 bridgehead atoms. The Bertz CT molecular complexity index is 1050. The van der Waals surface area contributed by atoms with E-state index in [-0.39, 0.29) is 23.0 Å². The van der Waals surface area contributed by atoms with Crippen molar-refractivity contribution in [2.24, 2.45) is 22.7 Å². The SMILES string of the molecule is C=C1CC[C@@H]2[C@](C)(CCC[C@]2(C)C(=O)O)[C@H]1Cc1c(C)ccc2c1C(=O)C(=O)C=C2O. The molecule has 0 spiro atoms. The number of aryl methyl sites for hydroxylation is 1. The summed E-state index contributed by atoms with van der Waals surface area (Å²) >= 11 is 0. The number of carboxylic acids is 1. The minimum absolute atomic E-state index is 0.00590. The summed E-state index contributed by atoms with van der Waals surface area (Å²) in [7, 11) is 0. The largest absolute Gasteiger partial charge is 0.507 e. The lowest BCUT2D eigenvalue weighted by Gasteiger charge is -2.57. The zero-order valence-corrected chi connectivity index (χ0v) is 18.5. The topological polar surface area (TPSA) is 91.7 Å². The van der Waals surface area contributed by atoms with Crippen molar-refractivity contribution in [3.05, 3.63) is 52.6 Å². The number of fused-ring (bicyclic) bond motifs is 2. The molecular formula is C26H30O5. The molecule has 4 rings (SSSR count). The molecule has 2 saturated carbocycles. The standard InChI is InChI=1S/C26H30O5/c1-14-6-8-16-19(27)13-20(28)23(29)22(16)17(14)12-18-15(2)7-9-21-25(18,3)10-5-11-26(21,4)24(30)31/h6,8,13,18,21,27H,2,5,7,9-12H2,1,3-4H3,(H,30,31)/t18-,21+,25+,26-/m0/s1. The van der Waals surface area contributed by atoms with Crippen LogP contribution in [0.5, 0.6) is 0 Å². The Hall–Kier alpha value is -2.69. The van der Waals surface area contributed by atoms with Gasteiger partial charge in [-0.3, -0.25) is 14.4 Å². The van der Waals surface area contributed by atoms with Crippen LogP contribution in [0, 0.1) is 29.6 Å². The third kappa shape index (κ3) is 3.08. The Morgan fingerprint density at radius 2 is 1.94 bits per heavy atom. The second-order valence-electron chi connectivity index (χ2n) is 10.1. The average molecular weight is 423 g/mol. The number of aliphatic hydroxyl groups is 1.